The summed E-state index contributed by atoms with van der Waals surface area (Å²) in [6.07, 6.45) is 2.34. The lowest BCUT2D eigenvalue weighted by atomic mass is 9.90. The van der Waals surface area contributed by atoms with E-state index in [0.29, 0.717) is 50.0 Å². The molecule has 0 bridgehead atoms. The molecule has 12 nitrogen and oxygen atoms in total. The Kier molecular flexibility index (Phi) is 12.5. The summed E-state index contributed by atoms with van der Waals surface area (Å²) in [6.45, 7) is 2.32. The summed E-state index contributed by atoms with van der Waals surface area (Å²) in [5.74, 6) is -1.50. The van der Waals surface area contributed by atoms with Gasteiger partial charge in [-0.2, -0.15) is 0 Å². The Labute approximate surface area is 354 Å². The third kappa shape index (κ3) is 9.67. The van der Waals surface area contributed by atoms with Crippen LogP contribution in [0, 0.1) is 0 Å². The minimum atomic E-state index is -1.21. The Morgan fingerprint density at radius 2 is 1.64 bits per heavy atom. The molecular weight excluding hydrogens is 813 g/mol. The zero-order valence-electron chi connectivity index (χ0n) is 31.8. The number of benzene rings is 5. The number of rotatable bonds is 12. The monoisotopic (exact) mass is 851 g/mol. The van der Waals surface area contributed by atoms with Crippen LogP contribution in [0.2, 0.25) is 10.0 Å². The summed E-state index contributed by atoms with van der Waals surface area (Å²) >= 11 is 17.8. The van der Waals surface area contributed by atoms with Crippen molar-refractivity contribution in [2.24, 2.45) is 0 Å². The number of anilines is 2. The smallest absolute Gasteiger partial charge is 0.336 e. The molecule has 2 aliphatic heterocycles. The van der Waals surface area contributed by atoms with Gasteiger partial charge in [0.15, 0.2) is 10.5 Å². The highest BCUT2D eigenvalue weighted by Gasteiger charge is 2.27. The Morgan fingerprint density at radius 3 is 2.41 bits per heavy atom. The Bertz CT molecular complexity index is 2630. The van der Waals surface area contributed by atoms with Gasteiger partial charge in [-0.15, -0.1) is 0 Å². The number of nitrogens with zero attached hydrogens (tertiary/aromatic N) is 2. The van der Waals surface area contributed by atoms with E-state index >= 15 is 0 Å². The molecule has 4 aromatic rings. The van der Waals surface area contributed by atoms with Crippen LogP contribution in [-0.4, -0.2) is 76.1 Å². The van der Waals surface area contributed by atoms with E-state index in [1.54, 1.807) is 60.5 Å². The topological polar surface area (TPSA) is 164 Å². The number of nitrogens with one attached hydrogen (secondary N) is 3. The summed E-state index contributed by atoms with van der Waals surface area (Å²) in [4.78, 5) is 55.6. The average molecular weight is 853 g/mol. The fourth-order valence-electron chi connectivity index (χ4n) is 7.32. The molecule has 2 heterocycles. The van der Waals surface area contributed by atoms with Gasteiger partial charge in [-0.1, -0.05) is 47.5 Å². The van der Waals surface area contributed by atoms with Crippen molar-refractivity contribution in [3.8, 4) is 28.2 Å². The summed E-state index contributed by atoms with van der Waals surface area (Å²) in [5, 5.41) is 30.6. The number of carboxylic acids is 1. The molecule has 15 heteroatoms. The highest BCUT2D eigenvalue weighted by atomic mass is 35.5. The number of thiocarbonyl (C=S) groups is 1. The van der Waals surface area contributed by atoms with Crippen molar-refractivity contribution < 1.29 is 29.0 Å². The molecule has 0 spiro atoms. The molecule has 0 aromatic heterocycles. The first-order valence-electron chi connectivity index (χ1n) is 18.8. The van der Waals surface area contributed by atoms with Gasteiger partial charge < -0.3 is 40.4 Å². The average Bonchev–Trinajstić information content (AvgIpc) is 3.73. The van der Waals surface area contributed by atoms with Crippen LogP contribution in [-0.2, 0) is 16.0 Å². The van der Waals surface area contributed by atoms with E-state index in [2.05, 4.69) is 20.9 Å². The van der Waals surface area contributed by atoms with Gasteiger partial charge in [0.1, 0.15) is 17.1 Å². The number of fused-ring (bicyclic) bond motifs is 2. The van der Waals surface area contributed by atoms with Gasteiger partial charge in [-0.3, -0.25) is 14.4 Å². The molecule has 4 aromatic carbocycles. The number of carboxylic acid groups (broad SMARTS) is 1. The summed E-state index contributed by atoms with van der Waals surface area (Å²) in [5.41, 5.74) is 3.81. The van der Waals surface area contributed by atoms with Gasteiger partial charge in [-0.25, -0.2) is 4.79 Å². The van der Waals surface area contributed by atoms with Crippen molar-refractivity contribution in [1.29, 1.82) is 0 Å². The fraction of sp³-hybridized carbons (Fsp3) is 0.205. The molecule has 0 radical (unpaired) electrons. The van der Waals surface area contributed by atoms with E-state index < -0.39 is 5.97 Å². The first-order valence-corrected chi connectivity index (χ1v) is 19.9. The number of carbonyl (C=O) groups excluding carboxylic acids is 2. The summed E-state index contributed by atoms with van der Waals surface area (Å²) in [7, 11) is 1.79. The van der Waals surface area contributed by atoms with Gasteiger partial charge in [0.25, 0.3) is 0 Å². The van der Waals surface area contributed by atoms with Crippen molar-refractivity contribution in [3.63, 3.8) is 0 Å². The molecular formula is C44H39Cl2N5O7S. The minimum absolute atomic E-state index is 0.0538. The van der Waals surface area contributed by atoms with E-state index in [0.717, 1.165) is 37.1 Å². The van der Waals surface area contributed by atoms with E-state index in [4.69, 9.17) is 39.8 Å². The van der Waals surface area contributed by atoms with Crippen LogP contribution in [0.3, 0.4) is 0 Å². The standard InChI is InChI=1S/C44H39Cl2N5O7S/c1-50(41(55)18-25-7-14-35(45)36(46)17-25)37(24-51-15-2-3-16-51)26-5-4-6-27(19-26)48-40(54)23-47-44(59)49-28-8-11-31(34(20-28)43(56)57)42-32-12-9-29(52)21-38(32)58-39-22-30(53)10-13-33(39)42/h4-14,17,19-22,37,52H,2-3,15-16,18,23-24H2,1H3,(H,48,54)(H,56,57)(H2,47,49,59). The number of hydrogen-bond donors (Lipinski definition) is 5. The SMILES string of the molecule is CN(C(=O)Cc1ccc(Cl)c(Cl)c1)C(CN1CCCC1)c1cccc(NC(=O)CNC(=S)Nc2ccc(-c3c4ccc(=O)cc-4oc4cc(O)ccc34)c(C(=O)O)c2)c1. The number of likely N-dealkylation sites (N-methyl/N-ethyl adjacent to an activating group) is 1. The lowest BCUT2D eigenvalue weighted by molar-refractivity contribution is -0.131. The second kappa shape index (κ2) is 17.9. The number of aromatic hydroxyl groups is 1. The lowest BCUT2D eigenvalue weighted by Gasteiger charge is -2.32. The molecule has 3 aliphatic rings. The number of aromatic carboxylic acids is 1. The van der Waals surface area contributed by atoms with Crippen LogP contribution in [0.1, 0.15) is 40.4 Å². The van der Waals surface area contributed by atoms with Crippen molar-refractivity contribution in [3.05, 3.63) is 134 Å². The summed E-state index contributed by atoms with van der Waals surface area (Å²) < 4.78 is 5.91. The number of halogens is 2. The maximum absolute atomic E-state index is 13.6. The van der Waals surface area contributed by atoms with Crippen LogP contribution in [0.4, 0.5) is 11.4 Å². The maximum Gasteiger partial charge on any atom is 0.336 e. The van der Waals surface area contributed by atoms with Crippen molar-refractivity contribution >= 4 is 80.7 Å². The number of carbonyl (C=O) groups is 3. The van der Waals surface area contributed by atoms with Crippen LogP contribution < -0.4 is 21.4 Å². The number of likely N-dealkylation sites (tertiary alicyclic amines) is 1. The van der Waals surface area contributed by atoms with Crippen LogP contribution in [0.25, 0.3) is 33.4 Å². The van der Waals surface area contributed by atoms with E-state index in [1.165, 1.54) is 30.3 Å². The Hall–Kier alpha value is -5.99. The molecule has 1 aliphatic carbocycles. The molecule has 1 unspecified atom stereocenters. The molecule has 7 rings (SSSR count). The fourth-order valence-corrected chi connectivity index (χ4v) is 7.83. The normalized spacial score (nSPS) is 13.3. The molecule has 1 atom stereocenters. The Morgan fingerprint density at radius 1 is 0.881 bits per heavy atom. The van der Waals surface area contributed by atoms with Crippen LogP contribution in [0.15, 0.2) is 106 Å². The van der Waals surface area contributed by atoms with Crippen LogP contribution in [0.5, 0.6) is 5.75 Å². The molecule has 2 amide bonds. The van der Waals surface area contributed by atoms with Gasteiger partial charge in [0, 0.05) is 53.6 Å². The van der Waals surface area contributed by atoms with E-state index in [1.807, 2.05) is 18.2 Å². The third-order valence-corrected chi connectivity index (χ3v) is 11.2. The molecule has 0 saturated carbocycles. The second-order valence-corrected chi connectivity index (χ2v) is 15.5. The highest BCUT2D eigenvalue weighted by Crippen LogP contribution is 2.42. The van der Waals surface area contributed by atoms with Gasteiger partial charge >= 0.3 is 5.97 Å². The highest BCUT2D eigenvalue weighted by molar-refractivity contribution is 7.80. The first-order chi connectivity index (χ1) is 28.3. The lowest BCUT2D eigenvalue weighted by Crippen LogP contribution is -2.39. The molecule has 5 N–H and O–H groups in total. The van der Waals surface area contributed by atoms with Crippen molar-refractivity contribution in [1.82, 2.24) is 15.1 Å². The molecule has 1 fully saturated rings. The van der Waals surface area contributed by atoms with Gasteiger partial charge in [0.05, 0.1) is 34.6 Å². The third-order valence-electron chi connectivity index (χ3n) is 10.2. The number of amides is 2. The van der Waals surface area contributed by atoms with Crippen molar-refractivity contribution in [2.75, 3.05) is 43.9 Å². The predicted molar refractivity (Wildman–Crippen MR) is 234 cm³/mol. The van der Waals surface area contributed by atoms with Crippen LogP contribution >= 0.6 is 35.4 Å². The number of phenols is 1. The zero-order chi connectivity index (χ0) is 41.8. The predicted octanol–water partition coefficient (Wildman–Crippen LogP) is 8.04. The largest absolute Gasteiger partial charge is 0.508 e. The zero-order valence-corrected chi connectivity index (χ0v) is 34.1. The molecule has 1 saturated heterocycles. The Balaban J connectivity index is 1.03. The molecule has 302 valence electrons. The first kappa shape index (κ1) is 41.2. The van der Waals surface area contributed by atoms with Gasteiger partial charge in [-0.05, 0) is 116 Å². The quantitative estimate of drug-likeness (QED) is 0.0598. The maximum atomic E-state index is 13.6. The summed E-state index contributed by atoms with van der Waals surface area (Å²) in [6, 6.07) is 25.7. The number of phenolic OH excluding ortho intramolecular Hbond substituents is 1. The minimum Gasteiger partial charge on any atom is -0.508 e. The van der Waals surface area contributed by atoms with Crippen molar-refractivity contribution in [2.45, 2.75) is 25.3 Å². The van der Waals surface area contributed by atoms with Gasteiger partial charge in [0.2, 0.25) is 11.8 Å². The van der Waals surface area contributed by atoms with E-state index in [-0.39, 0.29) is 64.0 Å². The number of hydrogen-bond acceptors (Lipinski definition) is 8. The second-order valence-electron chi connectivity index (χ2n) is 14.3. The van der Waals surface area contributed by atoms with E-state index in [9.17, 15) is 29.4 Å². The molecule has 59 heavy (non-hydrogen) atoms.